The van der Waals surface area contributed by atoms with Crippen LogP contribution in [0.1, 0.15) is 10.4 Å². The van der Waals surface area contributed by atoms with Gasteiger partial charge in [0.1, 0.15) is 11.6 Å². The van der Waals surface area contributed by atoms with Crippen LogP contribution in [0.3, 0.4) is 0 Å². The molecule has 0 saturated heterocycles. The van der Waals surface area contributed by atoms with Crippen LogP contribution in [0, 0.1) is 11.6 Å². The normalized spacial score (nSPS) is 10.4. The average Bonchev–Trinajstić information content (AvgIpc) is 2.36. The molecular formula is C13H6Br2ClF2NO. The lowest BCUT2D eigenvalue weighted by Crippen LogP contribution is -2.13. The van der Waals surface area contributed by atoms with Gasteiger partial charge in [0.25, 0.3) is 5.91 Å². The molecule has 0 spiro atoms. The van der Waals surface area contributed by atoms with Crippen LogP contribution in [0.15, 0.2) is 39.3 Å². The molecule has 2 rings (SSSR count). The molecule has 2 nitrogen and oxygen atoms in total. The van der Waals surface area contributed by atoms with E-state index in [2.05, 4.69) is 37.2 Å². The summed E-state index contributed by atoms with van der Waals surface area (Å²) in [6.45, 7) is 0. The maximum atomic E-state index is 13.1. The van der Waals surface area contributed by atoms with Crippen molar-refractivity contribution < 1.29 is 13.6 Å². The predicted octanol–water partition coefficient (Wildman–Crippen LogP) is 5.40. The summed E-state index contributed by atoms with van der Waals surface area (Å²) in [5.74, 6) is -1.48. The molecule has 0 aliphatic carbocycles. The first-order valence-electron chi connectivity index (χ1n) is 5.29. The smallest absolute Gasteiger partial charge is 0.255 e. The van der Waals surface area contributed by atoms with E-state index in [9.17, 15) is 13.6 Å². The van der Waals surface area contributed by atoms with Crippen LogP contribution in [0.5, 0.6) is 0 Å². The Balaban J connectivity index is 2.30. The largest absolute Gasteiger partial charge is 0.320 e. The third-order valence-electron chi connectivity index (χ3n) is 2.43. The average molecular weight is 425 g/mol. The van der Waals surface area contributed by atoms with Crippen molar-refractivity contribution in [3.63, 3.8) is 0 Å². The number of halogens is 5. The highest BCUT2D eigenvalue weighted by molar-refractivity contribution is 9.10. The second kappa shape index (κ2) is 6.20. The Morgan fingerprint density at radius 1 is 1.10 bits per heavy atom. The van der Waals surface area contributed by atoms with Gasteiger partial charge in [0.15, 0.2) is 0 Å². The van der Waals surface area contributed by atoms with Gasteiger partial charge >= 0.3 is 0 Å². The summed E-state index contributed by atoms with van der Waals surface area (Å²) in [5, 5.41) is 2.60. The summed E-state index contributed by atoms with van der Waals surface area (Å²) in [6, 6.07) is 6.11. The third kappa shape index (κ3) is 3.37. The Hall–Kier alpha value is -0.980. The minimum Gasteiger partial charge on any atom is -0.320 e. The molecular weight excluding hydrogens is 419 g/mol. The Morgan fingerprint density at radius 2 is 1.80 bits per heavy atom. The minimum absolute atomic E-state index is 0.0615. The van der Waals surface area contributed by atoms with E-state index >= 15 is 0 Å². The fourth-order valence-corrected chi connectivity index (χ4v) is 2.76. The number of hydrogen-bond acceptors (Lipinski definition) is 1. The van der Waals surface area contributed by atoms with E-state index < -0.39 is 17.5 Å². The maximum Gasteiger partial charge on any atom is 0.255 e. The number of carbonyl (C=O) groups is 1. The van der Waals surface area contributed by atoms with Gasteiger partial charge in [0.05, 0.1) is 15.2 Å². The van der Waals surface area contributed by atoms with E-state index in [0.717, 1.165) is 6.07 Å². The second-order valence-corrected chi connectivity index (χ2v) is 5.94. The van der Waals surface area contributed by atoms with Gasteiger partial charge < -0.3 is 5.32 Å². The number of anilines is 1. The molecule has 2 aromatic carbocycles. The van der Waals surface area contributed by atoms with Crippen molar-refractivity contribution in [1.82, 2.24) is 0 Å². The highest BCUT2D eigenvalue weighted by atomic mass is 79.9. The molecule has 0 unspecified atom stereocenters. The summed E-state index contributed by atoms with van der Waals surface area (Å²) >= 11 is 12.0. The quantitative estimate of drug-likeness (QED) is 0.686. The molecule has 1 amide bonds. The van der Waals surface area contributed by atoms with Crippen LogP contribution in [0.4, 0.5) is 14.5 Å². The van der Waals surface area contributed by atoms with Gasteiger partial charge in [-0.3, -0.25) is 4.79 Å². The molecule has 7 heteroatoms. The molecule has 2 aromatic rings. The topological polar surface area (TPSA) is 29.1 Å². The second-order valence-electron chi connectivity index (χ2n) is 3.83. The molecule has 0 saturated carbocycles. The third-order valence-corrected chi connectivity index (χ3v) is 3.96. The van der Waals surface area contributed by atoms with Crippen molar-refractivity contribution >= 4 is 55.1 Å². The van der Waals surface area contributed by atoms with Gasteiger partial charge in [0.2, 0.25) is 0 Å². The number of nitrogens with one attached hydrogen (secondary N) is 1. The van der Waals surface area contributed by atoms with Crippen molar-refractivity contribution in [2.24, 2.45) is 0 Å². The molecule has 20 heavy (non-hydrogen) atoms. The summed E-state index contributed by atoms with van der Waals surface area (Å²) in [6.07, 6.45) is 0. The van der Waals surface area contributed by atoms with Crippen LogP contribution in [0.25, 0.3) is 0 Å². The van der Waals surface area contributed by atoms with Crippen molar-refractivity contribution in [1.29, 1.82) is 0 Å². The SMILES string of the molecule is O=C(Nc1c(Cl)cc(F)cc1Br)c1ccc(F)c(Br)c1. The Kier molecular flexibility index (Phi) is 4.78. The van der Waals surface area contributed by atoms with Crippen LogP contribution in [0.2, 0.25) is 5.02 Å². The van der Waals surface area contributed by atoms with Crippen LogP contribution in [-0.2, 0) is 0 Å². The molecule has 1 N–H and O–H groups in total. The molecule has 0 aromatic heterocycles. The minimum atomic E-state index is -0.524. The zero-order valence-electron chi connectivity index (χ0n) is 9.68. The first kappa shape index (κ1) is 15.4. The first-order valence-corrected chi connectivity index (χ1v) is 7.26. The summed E-state index contributed by atoms with van der Waals surface area (Å²) in [7, 11) is 0. The zero-order valence-corrected chi connectivity index (χ0v) is 13.6. The van der Waals surface area contributed by atoms with E-state index in [1.54, 1.807) is 0 Å². The van der Waals surface area contributed by atoms with Crippen molar-refractivity contribution in [2.45, 2.75) is 0 Å². The van der Waals surface area contributed by atoms with Crippen LogP contribution in [-0.4, -0.2) is 5.91 Å². The standard InChI is InChI=1S/C13H6Br2ClF2NO/c14-8-3-6(1-2-11(8)18)13(20)19-12-9(15)4-7(17)5-10(12)16/h1-5H,(H,19,20). The Bertz CT molecular complexity index is 671. The van der Waals surface area contributed by atoms with Gasteiger partial charge in [-0.2, -0.15) is 0 Å². The van der Waals surface area contributed by atoms with E-state index in [-0.39, 0.29) is 20.7 Å². The lowest BCUT2D eigenvalue weighted by Gasteiger charge is -2.10. The van der Waals surface area contributed by atoms with Gasteiger partial charge in [0, 0.05) is 10.0 Å². The number of benzene rings is 2. The van der Waals surface area contributed by atoms with Gasteiger partial charge in [-0.05, 0) is 62.2 Å². The molecule has 0 bridgehead atoms. The molecule has 0 radical (unpaired) electrons. The summed E-state index contributed by atoms with van der Waals surface area (Å²) in [4.78, 5) is 12.0. The molecule has 0 heterocycles. The Morgan fingerprint density at radius 3 is 2.40 bits per heavy atom. The highest BCUT2D eigenvalue weighted by Crippen LogP contribution is 2.32. The first-order chi connectivity index (χ1) is 9.38. The highest BCUT2D eigenvalue weighted by Gasteiger charge is 2.14. The molecule has 104 valence electrons. The molecule has 0 aliphatic heterocycles. The number of carbonyl (C=O) groups excluding carboxylic acids is 1. The number of hydrogen-bond donors (Lipinski definition) is 1. The number of amides is 1. The van der Waals surface area contributed by atoms with Gasteiger partial charge in [-0.1, -0.05) is 11.6 Å². The summed E-state index contributed by atoms with van der Waals surface area (Å²) in [5.41, 5.74) is 0.490. The predicted molar refractivity (Wildman–Crippen MR) is 81.2 cm³/mol. The Labute approximate surface area is 135 Å². The van der Waals surface area contributed by atoms with Crippen molar-refractivity contribution in [3.05, 3.63) is 61.5 Å². The number of rotatable bonds is 2. The van der Waals surface area contributed by atoms with Gasteiger partial charge in [-0.15, -0.1) is 0 Å². The van der Waals surface area contributed by atoms with Crippen molar-refractivity contribution in [3.8, 4) is 0 Å². The van der Waals surface area contributed by atoms with Gasteiger partial charge in [-0.25, -0.2) is 8.78 Å². The van der Waals surface area contributed by atoms with E-state index in [4.69, 9.17) is 11.6 Å². The molecule has 0 aliphatic rings. The lowest BCUT2D eigenvalue weighted by atomic mass is 10.2. The molecule has 0 fully saturated rings. The van der Waals surface area contributed by atoms with E-state index in [1.165, 1.54) is 24.3 Å². The lowest BCUT2D eigenvalue weighted by molar-refractivity contribution is 0.102. The monoisotopic (exact) mass is 423 g/mol. The van der Waals surface area contributed by atoms with Crippen LogP contribution >= 0.6 is 43.5 Å². The molecule has 0 atom stereocenters. The summed E-state index contributed by atoms with van der Waals surface area (Å²) < 4.78 is 26.7. The fraction of sp³-hybridized carbons (Fsp3) is 0. The fourth-order valence-electron chi connectivity index (χ4n) is 1.48. The zero-order chi connectivity index (χ0) is 14.9. The van der Waals surface area contributed by atoms with E-state index in [0.29, 0.717) is 4.47 Å². The maximum absolute atomic E-state index is 13.1. The van der Waals surface area contributed by atoms with Crippen molar-refractivity contribution in [2.75, 3.05) is 5.32 Å². The van der Waals surface area contributed by atoms with Crippen LogP contribution < -0.4 is 5.32 Å². The van der Waals surface area contributed by atoms with E-state index in [1.807, 2.05) is 0 Å².